The second kappa shape index (κ2) is 6.96. The number of likely N-dealkylation sites (tertiary alicyclic amines) is 1. The molecular weight excluding hydrogens is 288 g/mol. The highest BCUT2D eigenvalue weighted by molar-refractivity contribution is 7.99. The van der Waals surface area contributed by atoms with Crippen molar-refractivity contribution in [3.63, 3.8) is 0 Å². The average molecular weight is 310 g/mol. The number of thiophene rings is 1. The molecule has 1 atom stereocenters. The molecule has 1 unspecified atom stereocenters. The van der Waals surface area contributed by atoms with Gasteiger partial charge in [-0.1, -0.05) is 6.07 Å². The molecule has 0 radical (unpaired) electrons. The highest BCUT2D eigenvalue weighted by Gasteiger charge is 2.29. The third-order valence-corrected chi connectivity index (χ3v) is 6.09. The van der Waals surface area contributed by atoms with Gasteiger partial charge in [0.05, 0.1) is 12.5 Å². The van der Waals surface area contributed by atoms with Crippen molar-refractivity contribution in [2.45, 2.75) is 25.3 Å². The van der Waals surface area contributed by atoms with Crippen LogP contribution in [-0.4, -0.2) is 59.4 Å². The summed E-state index contributed by atoms with van der Waals surface area (Å²) in [5.74, 6) is 2.51. The molecule has 0 aliphatic carbocycles. The van der Waals surface area contributed by atoms with Gasteiger partial charge in [0, 0.05) is 29.5 Å². The summed E-state index contributed by atoms with van der Waals surface area (Å²) in [5, 5.41) is 2.05. The lowest BCUT2D eigenvalue weighted by atomic mass is 10.2. The Balaban J connectivity index is 1.60. The van der Waals surface area contributed by atoms with Gasteiger partial charge in [-0.3, -0.25) is 4.79 Å². The highest BCUT2D eigenvalue weighted by atomic mass is 32.2. The van der Waals surface area contributed by atoms with E-state index in [2.05, 4.69) is 21.2 Å². The van der Waals surface area contributed by atoms with Gasteiger partial charge in [0.1, 0.15) is 0 Å². The van der Waals surface area contributed by atoms with E-state index in [4.69, 9.17) is 0 Å². The van der Waals surface area contributed by atoms with E-state index in [-0.39, 0.29) is 0 Å². The van der Waals surface area contributed by atoms with Gasteiger partial charge in [-0.25, -0.2) is 0 Å². The molecule has 0 bridgehead atoms. The lowest BCUT2D eigenvalue weighted by molar-refractivity contribution is -0.132. The van der Waals surface area contributed by atoms with Crippen LogP contribution >= 0.6 is 23.1 Å². The minimum atomic E-state index is 0.317. The summed E-state index contributed by atoms with van der Waals surface area (Å²) in [4.78, 5) is 18.4. The molecule has 2 aliphatic heterocycles. The Morgan fingerprint density at radius 3 is 2.90 bits per heavy atom. The number of amides is 1. The van der Waals surface area contributed by atoms with Crippen molar-refractivity contribution in [1.82, 2.24) is 9.80 Å². The smallest absolute Gasteiger partial charge is 0.228 e. The summed E-state index contributed by atoms with van der Waals surface area (Å²) in [7, 11) is 0. The zero-order valence-electron chi connectivity index (χ0n) is 11.8. The molecule has 3 rings (SSSR count). The lowest BCUT2D eigenvalue weighted by Gasteiger charge is -2.37. The van der Waals surface area contributed by atoms with Gasteiger partial charge in [-0.05, 0) is 37.4 Å². The Morgan fingerprint density at radius 1 is 1.30 bits per heavy atom. The van der Waals surface area contributed by atoms with E-state index < -0.39 is 0 Å². The molecule has 0 aromatic carbocycles. The van der Waals surface area contributed by atoms with E-state index in [1.54, 1.807) is 11.3 Å². The predicted molar refractivity (Wildman–Crippen MR) is 86.5 cm³/mol. The molecule has 0 N–H and O–H groups in total. The van der Waals surface area contributed by atoms with Crippen LogP contribution in [0, 0.1) is 0 Å². The van der Waals surface area contributed by atoms with Crippen LogP contribution in [0.2, 0.25) is 0 Å². The molecule has 0 saturated carbocycles. The van der Waals surface area contributed by atoms with Crippen LogP contribution in [0.4, 0.5) is 0 Å². The van der Waals surface area contributed by atoms with Crippen molar-refractivity contribution in [2.75, 3.05) is 37.7 Å². The van der Waals surface area contributed by atoms with Gasteiger partial charge in [0.25, 0.3) is 0 Å². The van der Waals surface area contributed by atoms with Gasteiger partial charge in [0.2, 0.25) is 5.91 Å². The van der Waals surface area contributed by atoms with Crippen LogP contribution in [0.5, 0.6) is 0 Å². The van der Waals surface area contributed by atoms with E-state index in [0.29, 0.717) is 18.4 Å². The summed E-state index contributed by atoms with van der Waals surface area (Å²) >= 11 is 3.68. The van der Waals surface area contributed by atoms with Gasteiger partial charge >= 0.3 is 0 Å². The van der Waals surface area contributed by atoms with Gasteiger partial charge in [-0.15, -0.1) is 11.3 Å². The Hall–Kier alpha value is -0.520. The number of hydrogen-bond donors (Lipinski definition) is 0. The van der Waals surface area contributed by atoms with Crippen LogP contribution < -0.4 is 0 Å². The highest BCUT2D eigenvalue weighted by Crippen LogP contribution is 2.21. The number of carbonyl (C=O) groups excluding carboxylic acids is 1. The molecule has 2 saturated heterocycles. The predicted octanol–water partition coefficient (Wildman–Crippen LogP) is 2.33. The van der Waals surface area contributed by atoms with Crippen molar-refractivity contribution >= 4 is 29.0 Å². The van der Waals surface area contributed by atoms with E-state index in [9.17, 15) is 4.79 Å². The van der Waals surface area contributed by atoms with Crippen molar-refractivity contribution in [3.05, 3.63) is 22.4 Å². The van der Waals surface area contributed by atoms with Crippen LogP contribution in [0.3, 0.4) is 0 Å². The first-order valence-electron chi connectivity index (χ1n) is 7.45. The second-order valence-electron chi connectivity index (χ2n) is 5.58. The van der Waals surface area contributed by atoms with E-state index in [0.717, 1.165) is 24.6 Å². The van der Waals surface area contributed by atoms with Gasteiger partial charge in [0.15, 0.2) is 0 Å². The maximum absolute atomic E-state index is 12.6. The van der Waals surface area contributed by atoms with E-state index in [1.165, 1.54) is 30.8 Å². The van der Waals surface area contributed by atoms with Crippen molar-refractivity contribution < 1.29 is 4.79 Å². The Morgan fingerprint density at radius 2 is 2.15 bits per heavy atom. The number of carbonyl (C=O) groups is 1. The first-order chi connectivity index (χ1) is 9.83. The summed E-state index contributed by atoms with van der Waals surface area (Å²) < 4.78 is 0. The molecule has 20 heavy (non-hydrogen) atoms. The third kappa shape index (κ3) is 3.57. The number of thioether (sulfide) groups is 1. The maximum atomic E-state index is 12.6. The summed E-state index contributed by atoms with van der Waals surface area (Å²) in [5.41, 5.74) is 0. The standard InChI is InChI=1S/C15H22N2OS2/c18-15(10-14-4-3-8-20-14)17-7-9-19-12-13(17)11-16-5-1-2-6-16/h3-4,8,13H,1-2,5-7,9-12H2. The summed E-state index contributed by atoms with van der Waals surface area (Å²) in [6.45, 7) is 4.43. The normalized spacial score (nSPS) is 24.2. The third-order valence-electron chi connectivity index (χ3n) is 4.12. The van der Waals surface area contributed by atoms with Crippen molar-refractivity contribution in [3.8, 4) is 0 Å². The van der Waals surface area contributed by atoms with Crippen molar-refractivity contribution in [2.24, 2.45) is 0 Å². The molecule has 110 valence electrons. The molecule has 3 nitrogen and oxygen atoms in total. The Bertz CT molecular complexity index is 429. The lowest BCUT2D eigenvalue weighted by Crippen LogP contribution is -2.51. The molecule has 3 heterocycles. The van der Waals surface area contributed by atoms with Crippen LogP contribution in [0.1, 0.15) is 17.7 Å². The second-order valence-corrected chi connectivity index (χ2v) is 7.76. The zero-order chi connectivity index (χ0) is 13.8. The number of nitrogens with zero attached hydrogens (tertiary/aromatic N) is 2. The number of hydrogen-bond acceptors (Lipinski definition) is 4. The van der Waals surface area contributed by atoms with Crippen LogP contribution in [-0.2, 0) is 11.2 Å². The molecule has 1 amide bonds. The minimum Gasteiger partial charge on any atom is -0.336 e. The molecule has 5 heteroatoms. The zero-order valence-corrected chi connectivity index (χ0v) is 13.4. The maximum Gasteiger partial charge on any atom is 0.228 e. The molecule has 1 aromatic rings. The Kier molecular flexibility index (Phi) is 5.02. The SMILES string of the molecule is O=C(Cc1cccs1)N1CCSCC1CN1CCCC1. The van der Waals surface area contributed by atoms with Gasteiger partial charge < -0.3 is 9.80 Å². The summed E-state index contributed by atoms with van der Waals surface area (Å²) in [6.07, 6.45) is 3.23. The minimum absolute atomic E-state index is 0.317. The Labute approximate surface area is 129 Å². The quantitative estimate of drug-likeness (QED) is 0.853. The fourth-order valence-corrected chi connectivity index (χ4v) is 4.81. The fourth-order valence-electron chi connectivity index (χ4n) is 3.06. The first kappa shape index (κ1) is 14.4. The monoisotopic (exact) mass is 310 g/mol. The topological polar surface area (TPSA) is 23.6 Å². The molecular formula is C15H22N2OS2. The van der Waals surface area contributed by atoms with E-state index in [1.807, 2.05) is 17.8 Å². The molecule has 2 aliphatic rings. The average Bonchev–Trinajstić information content (AvgIpc) is 3.13. The van der Waals surface area contributed by atoms with E-state index >= 15 is 0 Å². The fraction of sp³-hybridized carbons (Fsp3) is 0.667. The molecule has 2 fully saturated rings. The largest absolute Gasteiger partial charge is 0.336 e. The molecule has 0 spiro atoms. The van der Waals surface area contributed by atoms with Crippen LogP contribution in [0.25, 0.3) is 0 Å². The number of rotatable bonds is 4. The van der Waals surface area contributed by atoms with Crippen LogP contribution in [0.15, 0.2) is 17.5 Å². The summed E-state index contributed by atoms with van der Waals surface area (Å²) in [6, 6.07) is 4.51. The molecule has 1 aromatic heterocycles. The first-order valence-corrected chi connectivity index (χ1v) is 9.48. The van der Waals surface area contributed by atoms with Gasteiger partial charge in [-0.2, -0.15) is 11.8 Å². The van der Waals surface area contributed by atoms with Crippen molar-refractivity contribution in [1.29, 1.82) is 0 Å².